The van der Waals surface area contributed by atoms with E-state index in [-0.39, 0.29) is 22.8 Å². The van der Waals surface area contributed by atoms with Gasteiger partial charge < -0.3 is 10.6 Å². The molecule has 1 aromatic rings. The van der Waals surface area contributed by atoms with E-state index in [1.54, 1.807) is 0 Å². The Balaban J connectivity index is 0.00000264. The highest BCUT2D eigenvalue weighted by atomic mass is 35.5. The number of halogens is 2. The largest absolute Gasteiger partial charge is 0.324 e. The van der Waals surface area contributed by atoms with E-state index in [4.69, 9.17) is 5.73 Å². The molecule has 0 unspecified atom stereocenters. The summed E-state index contributed by atoms with van der Waals surface area (Å²) in [6.07, 6.45) is 0.760. The minimum absolute atomic E-state index is 0. The number of hydrogen-bond acceptors (Lipinski definition) is 4. The van der Waals surface area contributed by atoms with Gasteiger partial charge in [0.1, 0.15) is 5.82 Å². The van der Waals surface area contributed by atoms with Gasteiger partial charge in [0, 0.05) is 31.7 Å². The van der Waals surface area contributed by atoms with Crippen LogP contribution in [-0.2, 0) is 10.0 Å². The number of nitrogens with zero attached hydrogens (tertiary/aromatic N) is 2. The Morgan fingerprint density at radius 1 is 1.13 bits per heavy atom. The van der Waals surface area contributed by atoms with Crippen LogP contribution >= 0.6 is 12.4 Å². The Hall–Kier alpha value is -0.730. The van der Waals surface area contributed by atoms with E-state index in [0.29, 0.717) is 19.6 Å². The molecule has 0 atom stereocenters. The lowest BCUT2D eigenvalue weighted by Crippen LogP contribution is -2.46. The van der Waals surface area contributed by atoms with Crippen molar-refractivity contribution in [2.45, 2.75) is 30.7 Å². The first-order chi connectivity index (χ1) is 10.2. The van der Waals surface area contributed by atoms with E-state index < -0.39 is 15.8 Å². The average Bonchev–Trinajstić information content (AvgIpc) is 2.63. The van der Waals surface area contributed by atoms with Crippen molar-refractivity contribution in [1.29, 1.82) is 0 Å². The fraction of sp³-hybridized carbons (Fsp3) is 0.600. The molecule has 0 aromatic heterocycles. The predicted octanol–water partition coefficient (Wildman–Crippen LogP) is 1.68. The lowest BCUT2D eigenvalue weighted by Gasteiger charge is -2.28. The first kappa shape index (κ1) is 20.3. The van der Waals surface area contributed by atoms with Gasteiger partial charge in [-0.3, -0.25) is 0 Å². The monoisotopic (exact) mass is 365 g/mol. The molecule has 0 aliphatic carbocycles. The van der Waals surface area contributed by atoms with E-state index >= 15 is 0 Å². The van der Waals surface area contributed by atoms with Crippen LogP contribution in [0.15, 0.2) is 29.2 Å². The molecule has 8 heteroatoms. The van der Waals surface area contributed by atoms with Gasteiger partial charge in [-0.25, -0.2) is 12.8 Å². The van der Waals surface area contributed by atoms with Gasteiger partial charge in [0.05, 0.1) is 4.90 Å². The lowest BCUT2D eigenvalue weighted by atomic mass is 10.1. The molecule has 1 aliphatic rings. The van der Waals surface area contributed by atoms with Crippen molar-refractivity contribution in [2.24, 2.45) is 5.73 Å². The summed E-state index contributed by atoms with van der Waals surface area (Å²) in [6.45, 7) is 7.04. The molecule has 23 heavy (non-hydrogen) atoms. The maximum atomic E-state index is 13.0. The molecule has 1 fully saturated rings. The molecule has 0 spiro atoms. The minimum atomic E-state index is -3.56. The zero-order chi connectivity index (χ0) is 16.4. The fourth-order valence-electron chi connectivity index (χ4n) is 2.68. The highest BCUT2D eigenvalue weighted by Gasteiger charge is 2.28. The molecule has 0 radical (unpaired) electrons. The van der Waals surface area contributed by atoms with E-state index in [0.717, 1.165) is 19.5 Å². The molecule has 1 aromatic carbocycles. The SMILES string of the molecule is CC(C)(N)CN1CCCN(S(=O)(=O)c2ccc(F)cc2)CC1.Cl. The van der Waals surface area contributed by atoms with E-state index in [2.05, 4.69) is 4.90 Å². The average molecular weight is 366 g/mol. The molecule has 132 valence electrons. The Morgan fingerprint density at radius 2 is 1.74 bits per heavy atom. The summed E-state index contributed by atoms with van der Waals surface area (Å²) in [5.41, 5.74) is 5.73. The first-order valence-corrected chi connectivity index (χ1v) is 8.89. The van der Waals surface area contributed by atoms with Crippen LogP contribution in [0.4, 0.5) is 4.39 Å². The molecule has 2 rings (SSSR count). The molecular weight excluding hydrogens is 341 g/mol. The molecule has 2 N–H and O–H groups in total. The van der Waals surface area contributed by atoms with Gasteiger partial charge in [0.15, 0.2) is 0 Å². The molecule has 1 aliphatic heterocycles. The summed E-state index contributed by atoms with van der Waals surface area (Å²) in [6, 6.07) is 4.98. The standard InChI is InChI=1S/C15H24FN3O2S.ClH/c1-15(2,17)12-18-8-3-9-19(11-10-18)22(20,21)14-6-4-13(16)5-7-14;/h4-7H,3,8-12,17H2,1-2H3;1H. The number of nitrogens with two attached hydrogens (primary N) is 1. The van der Waals surface area contributed by atoms with Crippen molar-refractivity contribution in [2.75, 3.05) is 32.7 Å². The van der Waals surface area contributed by atoms with Gasteiger partial charge in [0.2, 0.25) is 10.0 Å². The summed E-state index contributed by atoms with van der Waals surface area (Å²) in [5, 5.41) is 0. The Morgan fingerprint density at radius 3 is 2.30 bits per heavy atom. The molecule has 1 saturated heterocycles. The molecule has 5 nitrogen and oxygen atoms in total. The lowest BCUT2D eigenvalue weighted by molar-refractivity contribution is 0.235. The van der Waals surface area contributed by atoms with Crippen LogP contribution in [0.2, 0.25) is 0 Å². The molecule has 1 heterocycles. The number of rotatable bonds is 4. The van der Waals surface area contributed by atoms with Crippen LogP contribution < -0.4 is 5.73 Å². The highest BCUT2D eigenvalue weighted by Crippen LogP contribution is 2.18. The molecule has 0 amide bonds. The van der Waals surface area contributed by atoms with Crippen LogP contribution in [0, 0.1) is 5.82 Å². The molecule has 0 bridgehead atoms. The van der Waals surface area contributed by atoms with E-state index in [1.165, 1.54) is 28.6 Å². The van der Waals surface area contributed by atoms with Gasteiger partial charge in [-0.1, -0.05) is 0 Å². The van der Waals surface area contributed by atoms with E-state index in [1.807, 2.05) is 13.8 Å². The third-order valence-corrected chi connectivity index (χ3v) is 5.54. The maximum absolute atomic E-state index is 13.0. The number of hydrogen-bond donors (Lipinski definition) is 1. The maximum Gasteiger partial charge on any atom is 0.243 e. The van der Waals surface area contributed by atoms with Crippen LogP contribution in [0.25, 0.3) is 0 Å². The molecule has 0 saturated carbocycles. The van der Waals surface area contributed by atoms with Gasteiger partial charge in [-0.2, -0.15) is 4.31 Å². The first-order valence-electron chi connectivity index (χ1n) is 7.45. The van der Waals surface area contributed by atoms with Crippen molar-refractivity contribution in [3.8, 4) is 0 Å². The van der Waals surface area contributed by atoms with Crippen molar-refractivity contribution >= 4 is 22.4 Å². The number of benzene rings is 1. The van der Waals surface area contributed by atoms with E-state index in [9.17, 15) is 12.8 Å². The second-order valence-corrected chi connectivity index (χ2v) is 8.41. The third kappa shape index (κ3) is 5.69. The van der Waals surface area contributed by atoms with Crippen LogP contribution in [0.5, 0.6) is 0 Å². The Labute approximate surface area is 144 Å². The Bertz CT molecular complexity index is 602. The quantitative estimate of drug-likeness (QED) is 0.881. The topological polar surface area (TPSA) is 66.6 Å². The van der Waals surface area contributed by atoms with Crippen molar-refractivity contribution in [3.63, 3.8) is 0 Å². The molecular formula is C15H25ClFN3O2S. The Kier molecular flexibility index (Phi) is 6.97. The van der Waals surface area contributed by atoms with Crippen LogP contribution in [0.1, 0.15) is 20.3 Å². The van der Waals surface area contributed by atoms with Crippen LogP contribution in [0.3, 0.4) is 0 Å². The zero-order valence-electron chi connectivity index (χ0n) is 13.5. The summed E-state index contributed by atoms with van der Waals surface area (Å²) in [5.74, 6) is -0.439. The van der Waals surface area contributed by atoms with Crippen molar-refractivity contribution < 1.29 is 12.8 Å². The highest BCUT2D eigenvalue weighted by molar-refractivity contribution is 7.89. The van der Waals surface area contributed by atoms with Gasteiger partial charge >= 0.3 is 0 Å². The predicted molar refractivity (Wildman–Crippen MR) is 91.7 cm³/mol. The summed E-state index contributed by atoms with van der Waals surface area (Å²) in [7, 11) is -3.56. The smallest absolute Gasteiger partial charge is 0.243 e. The second-order valence-electron chi connectivity index (χ2n) is 6.48. The van der Waals surface area contributed by atoms with Crippen molar-refractivity contribution in [1.82, 2.24) is 9.21 Å². The van der Waals surface area contributed by atoms with Gasteiger partial charge in [-0.15, -0.1) is 12.4 Å². The zero-order valence-corrected chi connectivity index (χ0v) is 15.2. The second kappa shape index (κ2) is 7.90. The fourth-order valence-corrected chi connectivity index (χ4v) is 4.15. The summed E-state index contributed by atoms with van der Waals surface area (Å²) in [4.78, 5) is 2.33. The van der Waals surface area contributed by atoms with Gasteiger partial charge in [0.25, 0.3) is 0 Å². The summed E-state index contributed by atoms with van der Waals surface area (Å²) < 4.78 is 39.6. The minimum Gasteiger partial charge on any atom is -0.324 e. The van der Waals surface area contributed by atoms with Crippen LogP contribution in [-0.4, -0.2) is 55.9 Å². The summed E-state index contributed by atoms with van der Waals surface area (Å²) >= 11 is 0. The van der Waals surface area contributed by atoms with Crippen molar-refractivity contribution in [3.05, 3.63) is 30.1 Å². The normalized spacial score (nSPS) is 18.3. The van der Waals surface area contributed by atoms with Gasteiger partial charge in [-0.05, 0) is 51.1 Å². The number of sulfonamides is 1. The third-order valence-electron chi connectivity index (χ3n) is 3.63.